The number of carbonyl (C=O) groups excluding carboxylic acids is 3. The number of hydrogen-bond donors (Lipinski definition) is 2. The summed E-state index contributed by atoms with van der Waals surface area (Å²) in [6.45, 7) is 3.07. The molecule has 3 N–H and O–H groups in total. The van der Waals surface area contributed by atoms with Crippen LogP contribution in [0.3, 0.4) is 0 Å². The Balaban J connectivity index is 1.80. The first-order valence-corrected chi connectivity index (χ1v) is 10.1. The van der Waals surface area contributed by atoms with Gasteiger partial charge in [0.05, 0.1) is 31.7 Å². The van der Waals surface area contributed by atoms with Gasteiger partial charge in [-0.05, 0) is 24.8 Å². The number of nitrogens with two attached hydrogens (primary N) is 1. The van der Waals surface area contributed by atoms with E-state index in [0.29, 0.717) is 13.2 Å². The molecule has 0 aromatic heterocycles. The molecule has 160 valence electrons. The van der Waals surface area contributed by atoms with Crippen LogP contribution in [0.5, 0.6) is 0 Å². The highest BCUT2D eigenvalue weighted by Crippen LogP contribution is 2.20. The number of carbonyl (C=O) groups is 3. The number of benzene rings is 1. The molecule has 1 aliphatic heterocycles. The normalized spacial score (nSPS) is 17.0. The molecule has 0 bridgehead atoms. The van der Waals surface area contributed by atoms with Crippen molar-refractivity contribution in [2.75, 3.05) is 19.7 Å². The first-order valence-electron chi connectivity index (χ1n) is 10.1. The van der Waals surface area contributed by atoms with Gasteiger partial charge in [-0.15, -0.1) is 0 Å². The van der Waals surface area contributed by atoms with Crippen LogP contribution < -0.4 is 11.1 Å². The fraction of sp³-hybridized carbons (Fsp3) is 0.571. The zero-order valence-corrected chi connectivity index (χ0v) is 17.0. The van der Waals surface area contributed by atoms with Crippen molar-refractivity contribution in [3.63, 3.8) is 0 Å². The third kappa shape index (κ3) is 8.11. The number of nitrogens with zero attached hydrogens (tertiary/aromatic N) is 1. The van der Waals surface area contributed by atoms with Crippen molar-refractivity contribution in [3.05, 3.63) is 35.9 Å². The third-order valence-electron chi connectivity index (χ3n) is 4.82. The average molecular weight is 405 g/mol. The van der Waals surface area contributed by atoms with Crippen molar-refractivity contribution in [1.29, 1.82) is 0 Å². The molecule has 0 spiro atoms. The maximum atomic E-state index is 12.5. The molecule has 3 amide bonds. The van der Waals surface area contributed by atoms with Crippen LogP contribution >= 0.6 is 0 Å². The molecule has 0 saturated carbocycles. The summed E-state index contributed by atoms with van der Waals surface area (Å²) in [4.78, 5) is 36.9. The van der Waals surface area contributed by atoms with Gasteiger partial charge in [0.1, 0.15) is 6.61 Å². The predicted octanol–water partition coefficient (Wildman–Crippen LogP) is 1.96. The van der Waals surface area contributed by atoms with E-state index in [1.807, 2.05) is 37.3 Å². The molecule has 1 saturated heterocycles. The monoisotopic (exact) mass is 405 g/mol. The lowest BCUT2D eigenvalue weighted by Crippen LogP contribution is -2.40. The Kier molecular flexibility index (Phi) is 9.43. The summed E-state index contributed by atoms with van der Waals surface area (Å²) in [6, 6.07) is 9.49. The Morgan fingerprint density at radius 1 is 1.28 bits per heavy atom. The molecule has 2 atom stereocenters. The van der Waals surface area contributed by atoms with Crippen molar-refractivity contribution >= 4 is 17.9 Å². The van der Waals surface area contributed by atoms with Gasteiger partial charge in [0.2, 0.25) is 11.8 Å². The number of ether oxygens (including phenoxy) is 2. The van der Waals surface area contributed by atoms with Gasteiger partial charge in [-0.3, -0.25) is 9.59 Å². The summed E-state index contributed by atoms with van der Waals surface area (Å²) in [5, 5.41) is 2.48. The topological polar surface area (TPSA) is 111 Å². The predicted molar refractivity (Wildman–Crippen MR) is 108 cm³/mol. The Labute approximate surface area is 171 Å². The van der Waals surface area contributed by atoms with Crippen molar-refractivity contribution in [2.45, 2.75) is 57.8 Å². The smallest absolute Gasteiger partial charge is 0.410 e. The maximum Gasteiger partial charge on any atom is 0.410 e. The Bertz CT molecular complexity index is 668. The summed E-state index contributed by atoms with van der Waals surface area (Å²) >= 11 is 0. The number of amides is 3. The quantitative estimate of drug-likeness (QED) is 0.585. The van der Waals surface area contributed by atoms with E-state index in [0.717, 1.165) is 31.2 Å². The van der Waals surface area contributed by atoms with Crippen LogP contribution in [0.2, 0.25) is 0 Å². The standard InChI is InChI=1S/C21H31N3O5/c1-2-7-18(12-20(26)23-13-19(22)25)28-15-17-10-6-11-24(17)21(27)29-14-16-8-4-3-5-9-16/h3-5,8-9,17-18H,2,6-7,10-15H2,1H3,(H2,22,25)(H,23,26). The first-order chi connectivity index (χ1) is 14.0. The maximum absolute atomic E-state index is 12.5. The van der Waals surface area contributed by atoms with E-state index in [2.05, 4.69) is 5.32 Å². The highest BCUT2D eigenvalue weighted by Gasteiger charge is 2.31. The number of primary amides is 1. The van der Waals surface area contributed by atoms with E-state index < -0.39 is 5.91 Å². The molecule has 1 fully saturated rings. The minimum absolute atomic E-state index is 0.0636. The van der Waals surface area contributed by atoms with Crippen LogP contribution in [0.25, 0.3) is 0 Å². The molecule has 29 heavy (non-hydrogen) atoms. The number of nitrogens with one attached hydrogen (secondary N) is 1. The zero-order valence-electron chi connectivity index (χ0n) is 17.0. The first kappa shape index (κ1) is 22.7. The van der Waals surface area contributed by atoms with Gasteiger partial charge < -0.3 is 25.4 Å². The van der Waals surface area contributed by atoms with Gasteiger partial charge in [-0.1, -0.05) is 43.7 Å². The summed E-state index contributed by atoms with van der Waals surface area (Å²) in [5.74, 6) is -0.852. The highest BCUT2D eigenvalue weighted by atomic mass is 16.6. The minimum atomic E-state index is -0.582. The molecule has 2 rings (SSSR count). The molecule has 1 heterocycles. The van der Waals surface area contributed by atoms with E-state index in [1.54, 1.807) is 4.90 Å². The van der Waals surface area contributed by atoms with E-state index in [-0.39, 0.29) is 43.7 Å². The van der Waals surface area contributed by atoms with Crippen LogP contribution in [0.15, 0.2) is 30.3 Å². The Morgan fingerprint density at radius 2 is 2.03 bits per heavy atom. The highest BCUT2D eigenvalue weighted by molar-refractivity contribution is 5.83. The molecule has 0 aliphatic carbocycles. The molecule has 1 aromatic rings. The summed E-state index contributed by atoms with van der Waals surface area (Å²) in [6.07, 6.45) is 2.86. The third-order valence-corrected chi connectivity index (χ3v) is 4.82. The molecule has 1 aromatic carbocycles. The average Bonchev–Trinajstić information content (AvgIpc) is 3.18. The fourth-order valence-electron chi connectivity index (χ4n) is 3.33. The van der Waals surface area contributed by atoms with Crippen molar-refractivity contribution in [3.8, 4) is 0 Å². The molecule has 8 nitrogen and oxygen atoms in total. The SMILES string of the molecule is CCCC(CC(=O)NCC(N)=O)OCC1CCCN1C(=O)OCc1ccccc1. The van der Waals surface area contributed by atoms with Crippen molar-refractivity contribution in [2.24, 2.45) is 5.73 Å². The molecule has 0 radical (unpaired) electrons. The second-order valence-electron chi connectivity index (χ2n) is 7.22. The number of hydrogen-bond acceptors (Lipinski definition) is 5. The molecular weight excluding hydrogens is 374 g/mol. The second kappa shape index (κ2) is 12.1. The second-order valence-corrected chi connectivity index (χ2v) is 7.22. The van der Waals surface area contributed by atoms with Crippen molar-refractivity contribution in [1.82, 2.24) is 10.2 Å². The van der Waals surface area contributed by atoms with E-state index in [9.17, 15) is 14.4 Å². The van der Waals surface area contributed by atoms with Crippen LogP contribution in [-0.4, -0.2) is 54.6 Å². The molecule has 8 heteroatoms. The fourth-order valence-corrected chi connectivity index (χ4v) is 3.33. The van der Waals surface area contributed by atoms with Gasteiger partial charge in [0.15, 0.2) is 0 Å². The lowest BCUT2D eigenvalue weighted by atomic mass is 10.1. The van der Waals surface area contributed by atoms with E-state index in [1.165, 1.54) is 0 Å². The lowest BCUT2D eigenvalue weighted by molar-refractivity contribution is -0.127. The Morgan fingerprint density at radius 3 is 2.72 bits per heavy atom. The zero-order chi connectivity index (χ0) is 21.1. The van der Waals surface area contributed by atoms with Gasteiger partial charge in [-0.25, -0.2) is 4.79 Å². The van der Waals surface area contributed by atoms with Crippen LogP contribution in [-0.2, 0) is 25.7 Å². The number of likely N-dealkylation sites (tertiary alicyclic amines) is 1. The summed E-state index contributed by atoms with van der Waals surface area (Å²) in [5.41, 5.74) is 5.99. The lowest BCUT2D eigenvalue weighted by Gasteiger charge is -2.26. The van der Waals surface area contributed by atoms with E-state index >= 15 is 0 Å². The van der Waals surface area contributed by atoms with Gasteiger partial charge in [0, 0.05) is 6.54 Å². The van der Waals surface area contributed by atoms with Crippen LogP contribution in [0, 0.1) is 0 Å². The summed E-state index contributed by atoms with van der Waals surface area (Å²) < 4.78 is 11.4. The molecule has 2 unspecified atom stereocenters. The molecular formula is C21H31N3O5. The number of rotatable bonds is 11. The van der Waals surface area contributed by atoms with Gasteiger partial charge >= 0.3 is 6.09 Å². The van der Waals surface area contributed by atoms with Crippen LogP contribution in [0.4, 0.5) is 4.79 Å². The van der Waals surface area contributed by atoms with Crippen LogP contribution in [0.1, 0.15) is 44.6 Å². The minimum Gasteiger partial charge on any atom is -0.445 e. The summed E-state index contributed by atoms with van der Waals surface area (Å²) in [7, 11) is 0. The largest absolute Gasteiger partial charge is 0.445 e. The van der Waals surface area contributed by atoms with Gasteiger partial charge in [0.25, 0.3) is 0 Å². The van der Waals surface area contributed by atoms with E-state index in [4.69, 9.17) is 15.2 Å². The molecule has 1 aliphatic rings. The Hall–Kier alpha value is -2.61. The van der Waals surface area contributed by atoms with Crippen molar-refractivity contribution < 1.29 is 23.9 Å². The van der Waals surface area contributed by atoms with Gasteiger partial charge in [-0.2, -0.15) is 0 Å².